The number of hydrogen-bond acceptors (Lipinski definition) is 7. The van der Waals surface area contributed by atoms with Crippen LogP contribution in [0, 0.1) is 10.7 Å². The van der Waals surface area contributed by atoms with E-state index in [0.717, 1.165) is 32.1 Å². The number of piperazine rings is 1. The van der Waals surface area contributed by atoms with E-state index in [0.29, 0.717) is 12.6 Å². The van der Waals surface area contributed by atoms with Crippen LogP contribution in [0.25, 0.3) is 0 Å². The van der Waals surface area contributed by atoms with E-state index in [1.807, 2.05) is 6.07 Å². The molecule has 0 radical (unpaired) electrons. The molecule has 1 N–H and O–H groups in total. The van der Waals surface area contributed by atoms with Crippen molar-refractivity contribution in [3.63, 3.8) is 0 Å². The van der Waals surface area contributed by atoms with Gasteiger partial charge in [0, 0.05) is 12.4 Å². The van der Waals surface area contributed by atoms with Crippen molar-refractivity contribution in [1.29, 1.82) is 0 Å². The second-order valence-corrected chi connectivity index (χ2v) is 7.19. The summed E-state index contributed by atoms with van der Waals surface area (Å²) in [6, 6.07) is 8.05. The lowest BCUT2D eigenvalue weighted by molar-refractivity contribution is -0.924. The van der Waals surface area contributed by atoms with Gasteiger partial charge in [-0.05, 0) is 37.3 Å². The Morgan fingerprint density at radius 3 is 2.66 bits per heavy atom. The number of benzene rings is 1. The molecule has 2 aromatic heterocycles. The molecular formula is C19H22FN6O2S+. The molecule has 0 amide bonds. The first-order valence-electron chi connectivity index (χ1n) is 9.44. The minimum atomic E-state index is -0.558. The van der Waals surface area contributed by atoms with Crippen LogP contribution in [-0.4, -0.2) is 45.9 Å². The molecule has 1 aliphatic heterocycles. The molecule has 10 heteroatoms. The topological polar surface area (TPSA) is 73.7 Å². The fraction of sp³-hybridized carbons (Fsp3) is 0.368. The summed E-state index contributed by atoms with van der Waals surface area (Å²) in [5.41, 5.74) is 0. The van der Waals surface area contributed by atoms with Crippen LogP contribution in [0.5, 0.6) is 5.75 Å². The highest BCUT2D eigenvalue weighted by Crippen LogP contribution is 2.23. The fourth-order valence-corrected chi connectivity index (χ4v) is 3.41. The zero-order valence-electron chi connectivity index (χ0n) is 16.0. The van der Waals surface area contributed by atoms with Gasteiger partial charge in [-0.2, -0.15) is 4.68 Å². The van der Waals surface area contributed by atoms with Gasteiger partial charge in [-0.25, -0.2) is 14.4 Å². The summed E-state index contributed by atoms with van der Waals surface area (Å²) in [5.74, 6) is 0.808. The van der Waals surface area contributed by atoms with Crippen molar-refractivity contribution in [3.8, 4) is 5.75 Å². The maximum atomic E-state index is 13.8. The molecule has 1 atom stereocenters. The molecule has 0 saturated carbocycles. The Kier molecular flexibility index (Phi) is 5.81. The molecule has 1 aromatic carbocycles. The number of quaternary nitrogens is 1. The lowest BCUT2D eigenvalue weighted by Crippen LogP contribution is -3.14. The van der Waals surface area contributed by atoms with E-state index in [1.165, 1.54) is 11.0 Å². The van der Waals surface area contributed by atoms with Crippen molar-refractivity contribution < 1.29 is 18.4 Å². The van der Waals surface area contributed by atoms with Gasteiger partial charge >= 0.3 is 0 Å². The maximum Gasteiger partial charge on any atom is 0.292 e. The highest BCUT2D eigenvalue weighted by Gasteiger charge is 2.24. The van der Waals surface area contributed by atoms with Crippen molar-refractivity contribution in [1.82, 2.24) is 19.7 Å². The van der Waals surface area contributed by atoms with E-state index < -0.39 is 11.9 Å². The highest BCUT2D eigenvalue weighted by molar-refractivity contribution is 7.71. The van der Waals surface area contributed by atoms with Crippen LogP contribution in [-0.2, 0) is 6.67 Å². The maximum absolute atomic E-state index is 13.8. The van der Waals surface area contributed by atoms with E-state index in [1.54, 1.807) is 42.2 Å². The van der Waals surface area contributed by atoms with Crippen LogP contribution in [0.4, 0.5) is 10.3 Å². The smallest absolute Gasteiger partial charge is 0.292 e. The zero-order valence-corrected chi connectivity index (χ0v) is 16.8. The molecule has 1 fully saturated rings. The molecule has 4 rings (SSSR count). The van der Waals surface area contributed by atoms with Crippen LogP contribution in [0.15, 0.2) is 47.1 Å². The Labute approximate surface area is 172 Å². The van der Waals surface area contributed by atoms with Crippen LogP contribution in [0.1, 0.15) is 18.9 Å². The lowest BCUT2D eigenvalue weighted by atomic mass is 10.3. The number of halogens is 1. The first-order valence-corrected chi connectivity index (χ1v) is 9.85. The molecule has 29 heavy (non-hydrogen) atoms. The molecule has 3 aromatic rings. The summed E-state index contributed by atoms with van der Waals surface area (Å²) >= 11 is 5.31. The van der Waals surface area contributed by atoms with Crippen LogP contribution < -0.4 is 14.5 Å². The number of hydrogen-bond donors (Lipinski definition) is 1. The Balaban J connectivity index is 1.36. The summed E-state index contributed by atoms with van der Waals surface area (Å²) in [4.78, 5) is 12.4. The second-order valence-electron chi connectivity index (χ2n) is 6.84. The third-order valence-corrected chi connectivity index (χ3v) is 5.08. The van der Waals surface area contributed by atoms with Gasteiger partial charge < -0.3 is 19.0 Å². The molecule has 0 bridgehead atoms. The molecule has 0 spiro atoms. The monoisotopic (exact) mass is 417 g/mol. The van der Waals surface area contributed by atoms with E-state index in [-0.39, 0.29) is 10.6 Å². The number of rotatable bonds is 6. The molecule has 8 nitrogen and oxygen atoms in total. The zero-order chi connectivity index (χ0) is 20.2. The van der Waals surface area contributed by atoms with Crippen molar-refractivity contribution in [2.75, 3.05) is 31.1 Å². The number of nitrogens with zero attached hydrogens (tertiary/aromatic N) is 5. The van der Waals surface area contributed by atoms with Crippen molar-refractivity contribution in [3.05, 3.63) is 59.3 Å². The molecule has 0 unspecified atom stereocenters. The summed E-state index contributed by atoms with van der Waals surface area (Å²) in [7, 11) is 0. The van der Waals surface area contributed by atoms with Gasteiger partial charge in [-0.15, -0.1) is 5.10 Å². The first-order chi connectivity index (χ1) is 14.1. The number of para-hydroxylation sites is 1. The highest BCUT2D eigenvalue weighted by atomic mass is 32.1. The molecule has 152 valence electrons. The Morgan fingerprint density at radius 2 is 1.93 bits per heavy atom. The first kappa shape index (κ1) is 19.5. The molecular weight excluding hydrogens is 395 g/mol. The van der Waals surface area contributed by atoms with E-state index in [2.05, 4.69) is 20.0 Å². The SMILES string of the molecule is C[C@@H](Oc1ccccc1F)c1nn(C[NH+]2CCN(c3ncccn3)CC2)c(=S)o1. The number of ether oxygens (including phenoxy) is 1. The number of nitrogens with one attached hydrogen (secondary N) is 1. The molecule has 0 aliphatic carbocycles. The summed E-state index contributed by atoms with van der Waals surface area (Å²) in [6.07, 6.45) is 2.95. The van der Waals surface area contributed by atoms with Crippen molar-refractivity contribution in [2.24, 2.45) is 0 Å². The predicted octanol–water partition coefficient (Wildman–Crippen LogP) is 1.64. The third kappa shape index (κ3) is 4.60. The average molecular weight is 417 g/mol. The average Bonchev–Trinajstić information content (AvgIpc) is 3.11. The molecule has 1 aliphatic rings. The van der Waals surface area contributed by atoms with E-state index >= 15 is 0 Å². The van der Waals surface area contributed by atoms with Gasteiger partial charge in [0.2, 0.25) is 5.95 Å². The minimum absolute atomic E-state index is 0.153. The van der Waals surface area contributed by atoms with Gasteiger partial charge in [0.1, 0.15) is 0 Å². The van der Waals surface area contributed by atoms with Crippen molar-refractivity contribution >= 4 is 18.2 Å². The second kappa shape index (κ2) is 8.66. The van der Waals surface area contributed by atoms with Crippen molar-refractivity contribution in [2.45, 2.75) is 19.7 Å². The van der Waals surface area contributed by atoms with Crippen LogP contribution in [0.2, 0.25) is 0 Å². The molecule has 1 saturated heterocycles. The lowest BCUT2D eigenvalue weighted by Gasteiger charge is -2.31. The van der Waals surface area contributed by atoms with Gasteiger partial charge in [-0.3, -0.25) is 0 Å². The largest absolute Gasteiger partial charge is 0.478 e. The quantitative estimate of drug-likeness (QED) is 0.611. The van der Waals surface area contributed by atoms with Gasteiger partial charge in [0.15, 0.2) is 24.3 Å². The number of aromatic nitrogens is 4. The van der Waals surface area contributed by atoms with E-state index in [4.69, 9.17) is 21.4 Å². The summed E-state index contributed by atoms with van der Waals surface area (Å²) in [6.45, 7) is 5.86. The van der Waals surface area contributed by atoms with Gasteiger partial charge in [0.25, 0.3) is 10.7 Å². The Bertz CT molecular complexity index is 1000. The van der Waals surface area contributed by atoms with Crippen LogP contribution >= 0.6 is 12.2 Å². The van der Waals surface area contributed by atoms with E-state index in [9.17, 15) is 4.39 Å². The fourth-order valence-electron chi connectivity index (χ4n) is 3.22. The predicted molar refractivity (Wildman–Crippen MR) is 106 cm³/mol. The Hall–Kier alpha value is -2.85. The Morgan fingerprint density at radius 1 is 1.21 bits per heavy atom. The van der Waals surface area contributed by atoms with Gasteiger partial charge in [0.05, 0.1) is 26.2 Å². The number of anilines is 1. The molecule has 3 heterocycles. The third-order valence-electron chi connectivity index (χ3n) is 4.79. The summed E-state index contributed by atoms with van der Waals surface area (Å²) < 4.78 is 26.7. The van der Waals surface area contributed by atoms with Crippen LogP contribution in [0.3, 0.4) is 0 Å². The standard InChI is InChI=1S/C19H21FN6O2S/c1-14(27-16-6-3-2-5-15(16)20)17-23-26(19(29)28-17)13-24-9-11-25(12-10-24)18-21-7-4-8-22-18/h2-8,14H,9-13H2,1H3/p+1/t14-/m1/s1. The minimum Gasteiger partial charge on any atom is -0.478 e. The van der Waals surface area contributed by atoms with Gasteiger partial charge in [-0.1, -0.05) is 12.1 Å². The normalized spacial score (nSPS) is 16.0. The summed E-state index contributed by atoms with van der Waals surface area (Å²) in [5, 5.41) is 4.45.